The van der Waals surface area contributed by atoms with Crippen LogP contribution in [-0.4, -0.2) is 20.9 Å². The lowest BCUT2D eigenvalue weighted by atomic mass is 10.2. The number of hydrogen-bond donors (Lipinski definition) is 1. The third-order valence-corrected chi connectivity index (χ3v) is 8.19. The molecule has 0 aliphatic carbocycles. The normalized spacial score (nSPS) is 12.7. The molecule has 0 aliphatic rings. The van der Waals surface area contributed by atoms with Crippen LogP contribution in [0.4, 0.5) is 4.39 Å². The van der Waals surface area contributed by atoms with Crippen molar-refractivity contribution in [3.8, 4) is 0 Å². The molecule has 0 spiro atoms. The van der Waals surface area contributed by atoms with Crippen LogP contribution in [0.5, 0.6) is 0 Å². The molecule has 0 saturated heterocycles. The Morgan fingerprint density at radius 3 is 2.48 bits per heavy atom. The van der Waals surface area contributed by atoms with Crippen molar-refractivity contribution >= 4 is 38.4 Å². The molecule has 1 amide bonds. The van der Waals surface area contributed by atoms with E-state index < -0.39 is 26.8 Å². The molecule has 3 rings (SSSR count). The third-order valence-electron chi connectivity index (χ3n) is 3.55. The number of amides is 1. The quantitative estimate of drug-likeness (QED) is 0.689. The van der Waals surface area contributed by atoms with Gasteiger partial charge in [-0.3, -0.25) is 4.79 Å². The molecule has 8 heteroatoms. The smallest absolute Gasteiger partial charge is 0.251 e. The number of benzene rings is 1. The van der Waals surface area contributed by atoms with E-state index in [4.69, 9.17) is 0 Å². The molecule has 0 radical (unpaired) electrons. The number of carbonyl (C=O) groups is 1. The lowest BCUT2D eigenvalue weighted by Crippen LogP contribution is -2.31. The van der Waals surface area contributed by atoms with Crippen LogP contribution in [0.1, 0.15) is 20.5 Å². The highest BCUT2D eigenvalue weighted by atomic mass is 32.2. The van der Waals surface area contributed by atoms with E-state index >= 15 is 0 Å². The molecule has 1 N–H and O–H groups in total. The van der Waals surface area contributed by atoms with Crippen LogP contribution in [0.25, 0.3) is 0 Å². The maximum atomic E-state index is 13.3. The van der Waals surface area contributed by atoms with Gasteiger partial charge < -0.3 is 5.32 Å². The van der Waals surface area contributed by atoms with Crippen molar-refractivity contribution in [1.29, 1.82) is 0 Å². The summed E-state index contributed by atoms with van der Waals surface area (Å²) in [6.45, 7) is -0.0872. The second kappa shape index (κ2) is 7.47. The summed E-state index contributed by atoms with van der Waals surface area (Å²) in [7, 11) is -3.63. The van der Waals surface area contributed by atoms with Gasteiger partial charge in [0.05, 0.1) is 0 Å². The first-order valence-corrected chi connectivity index (χ1v) is 10.6. The van der Waals surface area contributed by atoms with Crippen molar-refractivity contribution < 1.29 is 17.6 Å². The standard InChI is InChI=1S/C17H14FNO3S3/c18-13-5-1-4-12(10-13)17(20)19-11-15(14-6-2-8-23-14)25(21,22)16-7-3-9-24-16/h1-10,15H,11H2,(H,19,20)/t15-/m1/s1. The summed E-state index contributed by atoms with van der Waals surface area (Å²) in [5.74, 6) is -1.03. The van der Waals surface area contributed by atoms with Gasteiger partial charge in [-0.2, -0.15) is 0 Å². The van der Waals surface area contributed by atoms with Crippen LogP contribution in [0, 0.1) is 5.82 Å². The van der Waals surface area contributed by atoms with Crippen molar-refractivity contribution in [2.24, 2.45) is 0 Å². The molecule has 1 atom stereocenters. The molecule has 4 nitrogen and oxygen atoms in total. The lowest BCUT2D eigenvalue weighted by molar-refractivity contribution is 0.0953. The fraction of sp³-hybridized carbons (Fsp3) is 0.118. The molecule has 2 aromatic heterocycles. The van der Waals surface area contributed by atoms with Crippen LogP contribution < -0.4 is 5.32 Å². The highest BCUT2D eigenvalue weighted by Gasteiger charge is 2.31. The van der Waals surface area contributed by atoms with Crippen molar-refractivity contribution in [3.63, 3.8) is 0 Å². The Labute approximate surface area is 152 Å². The van der Waals surface area contributed by atoms with E-state index in [-0.39, 0.29) is 16.3 Å². The molecule has 130 valence electrons. The summed E-state index contributed by atoms with van der Waals surface area (Å²) in [5.41, 5.74) is 0.151. The molecule has 0 aliphatic heterocycles. The topological polar surface area (TPSA) is 63.2 Å². The fourth-order valence-corrected chi connectivity index (χ4v) is 6.31. The van der Waals surface area contributed by atoms with Crippen molar-refractivity contribution in [3.05, 3.63) is 75.5 Å². The monoisotopic (exact) mass is 395 g/mol. The molecular formula is C17H14FNO3S3. The number of halogens is 1. The Balaban J connectivity index is 1.83. The second-order valence-corrected chi connectivity index (χ2v) is 9.49. The van der Waals surface area contributed by atoms with Gasteiger partial charge in [0.25, 0.3) is 5.91 Å². The summed E-state index contributed by atoms with van der Waals surface area (Å²) in [4.78, 5) is 12.9. The second-order valence-electron chi connectivity index (χ2n) is 5.20. The SMILES string of the molecule is O=C(NC[C@H](c1cccs1)S(=O)(=O)c1cccs1)c1cccc(F)c1. The summed E-state index contributed by atoms with van der Waals surface area (Å²) < 4.78 is 39.3. The highest BCUT2D eigenvalue weighted by molar-refractivity contribution is 7.93. The number of sulfone groups is 1. The average molecular weight is 396 g/mol. The van der Waals surface area contributed by atoms with Gasteiger partial charge in [-0.15, -0.1) is 22.7 Å². The van der Waals surface area contributed by atoms with Crippen LogP contribution in [0.15, 0.2) is 63.5 Å². The average Bonchev–Trinajstić information content (AvgIpc) is 3.28. The first-order chi connectivity index (χ1) is 12.0. The zero-order valence-corrected chi connectivity index (χ0v) is 15.3. The van der Waals surface area contributed by atoms with E-state index in [0.29, 0.717) is 4.88 Å². The van der Waals surface area contributed by atoms with Crippen LogP contribution in [0.3, 0.4) is 0 Å². The van der Waals surface area contributed by atoms with Crippen LogP contribution in [-0.2, 0) is 9.84 Å². The van der Waals surface area contributed by atoms with E-state index in [1.807, 2.05) is 0 Å². The minimum Gasteiger partial charge on any atom is -0.350 e. The number of carbonyl (C=O) groups excluding carboxylic acids is 1. The Morgan fingerprint density at radius 1 is 1.08 bits per heavy atom. The maximum absolute atomic E-state index is 13.3. The minimum atomic E-state index is -3.63. The lowest BCUT2D eigenvalue weighted by Gasteiger charge is -2.16. The predicted octanol–water partition coefficient (Wildman–Crippen LogP) is 3.89. The van der Waals surface area contributed by atoms with Gasteiger partial charge in [-0.1, -0.05) is 18.2 Å². The fourth-order valence-electron chi connectivity index (χ4n) is 2.32. The summed E-state index contributed by atoms with van der Waals surface area (Å²) >= 11 is 2.46. The van der Waals surface area contributed by atoms with Crippen molar-refractivity contribution in [1.82, 2.24) is 5.32 Å². The van der Waals surface area contributed by atoms with Gasteiger partial charge in [0, 0.05) is 17.0 Å². The van der Waals surface area contributed by atoms with Crippen LogP contribution >= 0.6 is 22.7 Å². The molecule has 25 heavy (non-hydrogen) atoms. The molecule has 0 saturated carbocycles. The van der Waals surface area contributed by atoms with E-state index in [2.05, 4.69) is 5.32 Å². The largest absolute Gasteiger partial charge is 0.350 e. The van der Waals surface area contributed by atoms with Gasteiger partial charge in [0.15, 0.2) is 9.84 Å². The Hall–Kier alpha value is -2.03. The first-order valence-electron chi connectivity index (χ1n) is 7.33. The molecule has 3 aromatic rings. The van der Waals surface area contributed by atoms with Gasteiger partial charge in [0.2, 0.25) is 0 Å². The Bertz CT molecular complexity index is 951. The maximum Gasteiger partial charge on any atom is 0.251 e. The van der Waals surface area contributed by atoms with Crippen LogP contribution in [0.2, 0.25) is 0 Å². The summed E-state index contributed by atoms with van der Waals surface area (Å²) in [6.07, 6.45) is 0. The predicted molar refractivity (Wildman–Crippen MR) is 97.3 cm³/mol. The third kappa shape index (κ3) is 3.97. The molecule has 2 heterocycles. The Kier molecular flexibility index (Phi) is 5.31. The highest BCUT2D eigenvalue weighted by Crippen LogP contribution is 2.33. The Morgan fingerprint density at radius 2 is 1.84 bits per heavy atom. The zero-order chi connectivity index (χ0) is 17.9. The minimum absolute atomic E-state index is 0.0872. The van der Waals surface area contributed by atoms with Gasteiger partial charge in [-0.25, -0.2) is 12.8 Å². The summed E-state index contributed by atoms with van der Waals surface area (Å²) in [6, 6.07) is 12.0. The number of hydrogen-bond acceptors (Lipinski definition) is 5. The molecule has 0 bridgehead atoms. The number of nitrogens with one attached hydrogen (secondary N) is 1. The molecule has 0 unspecified atom stereocenters. The van der Waals surface area contributed by atoms with Gasteiger partial charge in [0.1, 0.15) is 15.3 Å². The summed E-state index contributed by atoms with van der Waals surface area (Å²) in [5, 5.41) is 5.21. The number of rotatable bonds is 6. The van der Waals surface area contributed by atoms with E-state index in [0.717, 1.165) is 17.4 Å². The molecule has 1 aromatic carbocycles. The van der Waals surface area contributed by atoms with E-state index in [9.17, 15) is 17.6 Å². The van der Waals surface area contributed by atoms with E-state index in [1.54, 1.807) is 35.0 Å². The van der Waals surface area contributed by atoms with E-state index in [1.165, 1.54) is 29.5 Å². The molecular weight excluding hydrogens is 381 g/mol. The van der Waals surface area contributed by atoms with Gasteiger partial charge in [-0.05, 0) is 41.1 Å². The number of thiophene rings is 2. The van der Waals surface area contributed by atoms with Crippen molar-refractivity contribution in [2.75, 3.05) is 6.54 Å². The first kappa shape index (κ1) is 17.8. The van der Waals surface area contributed by atoms with Gasteiger partial charge >= 0.3 is 0 Å². The zero-order valence-electron chi connectivity index (χ0n) is 12.9. The molecule has 0 fully saturated rings. The van der Waals surface area contributed by atoms with Crippen molar-refractivity contribution in [2.45, 2.75) is 9.46 Å².